The molecule has 0 aliphatic rings. The minimum absolute atomic E-state index is 0.396. The second-order valence-corrected chi connectivity index (χ2v) is 4.26. The second-order valence-electron chi connectivity index (χ2n) is 3.85. The topological polar surface area (TPSA) is 53.6 Å². The maximum absolute atomic E-state index is 9.10. The summed E-state index contributed by atoms with van der Waals surface area (Å²) in [5, 5.41) is 20.6. The van der Waals surface area contributed by atoms with Crippen molar-refractivity contribution in [3.63, 3.8) is 0 Å². The zero-order valence-corrected chi connectivity index (χ0v) is 9.48. The van der Waals surface area contributed by atoms with Crippen molar-refractivity contribution in [3.05, 3.63) is 41.4 Å². The fraction of sp³-hybridized carbons (Fsp3) is 0. The molecule has 1 heterocycles. The number of para-hydroxylation sites is 1. The Balaban J connectivity index is 2.39. The zero-order valence-electron chi connectivity index (χ0n) is 8.72. The Labute approximate surface area is 102 Å². The summed E-state index contributed by atoms with van der Waals surface area (Å²) in [5.74, 6) is 0. The van der Waals surface area contributed by atoms with Crippen molar-refractivity contribution in [2.75, 3.05) is 0 Å². The molecule has 0 radical (unpaired) electrons. The highest BCUT2D eigenvalue weighted by Crippen LogP contribution is 2.32. The molecule has 0 saturated heterocycles. The monoisotopic (exact) mass is 246 g/mol. The lowest BCUT2D eigenvalue weighted by molar-refractivity contribution is 0.425. The van der Waals surface area contributed by atoms with E-state index in [1.807, 2.05) is 12.1 Å². The number of fused-ring (bicyclic) bond motifs is 3. The standard InChI is InChI=1S/C12H8BClO3/c14-10-3-1-2-9-8-5-4-7(13(15)16)6-11(8)17-12(9)10/h1-6,15-16H. The first-order valence-corrected chi connectivity index (χ1v) is 5.51. The molecule has 5 heteroatoms. The van der Waals surface area contributed by atoms with E-state index in [4.69, 9.17) is 26.1 Å². The van der Waals surface area contributed by atoms with Crippen molar-refractivity contribution < 1.29 is 14.5 Å². The average molecular weight is 246 g/mol. The molecule has 17 heavy (non-hydrogen) atoms. The molecule has 0 spiro atoms. The lowest BCUT2D eigenvalue weighted by Crippen LogP contribution is -2.29. The van der Waals surface area contributed by atoms with Crippen LogP contribution in [0.5, 0.6) is 0 Å². The van der Waals surface area contributed by atoms with Gasteiger partial charge in [0, 0.05) is 10.8 Å². The van der Waals surface area contributed by atoms with Crippen LogP contribution < -0.4 is 5.46 Å². The van der Waals surface area contributed by atoms with E-state index < -0.39 is 7.12 Å². The van der Waals surface area contributed by atoms with E-state index >= 15 is 0 Å². The molecule has 0 atom stereocenters. The van der Waals surface area contributed by atoms with Gasteiger partial charge in [0.2, 0.25) is 0 Å². The molecule has 0 aliphatic carbocycles. The number of benzene rings is 2. The Kier molecular flexibility index (Phi) is 2.36. The van der Waals surface area contributed by atoms with Gasteiger partial charge in [0.05, 0.1) is 5.02 Å². The summed E-state index contributed by atoms with van der Waals surface area (Å²) >= 11 is 6.04. The van der Waals surface area contributed by atoms with Crippen LogP contribution in [-0.4, -0.2) is 17.2 Å². The van der Waals surface area contributed by atoms with Gasteiger partial charge in [-0.05, 0) is 17.6 Å². The molecule has 3 nitrogen and oxygen atoms in total. The summed E-state index contributed by atoms with van der Waals surface area (Å²) in [4.78, 5) is 0. The predicted octanol–water partition coefficient (Wildman–Crippen LogP) is 1.92. The maximum atomic E-state index is 9.10. The Morgan fingerprint density at radius 1 is 1.06 bits per heavy atom. The van der Waals surface area contributed by atoms with E-state index in [9.17, 15) is 0 Å². The molecule has 0 bridgehead atoms. The fourth-order valence-electron chi connectivity index (χ4n) is 1.94. The molecule has 2 aromatic carbocycles. The molecule has 1 aromatic heterocycles. The first-order valence-electron chi connectivity index (χ1n) is 5.13. The summed E-state index contributed by atoms with van der Waals surface area (Å²) in [5.41, 5.74) is 1.61. The molecular weight excluding hydrogens is 238 g/mol. The smallest absolute Gasteiger partial charge is 0.455 e. The molecule has 0 fully saturated rings. The molecular formula is C12H8BClO3. The number of furan rings is 1. The van der Waals surface area contributed by atoms with Crippen molar-refractivity contribution in [3.8, 4) is 0 Å². The molecule has 0 saturated carbocycles. The number of rotatable bonds is 1. The Hall–Kier alpha value is -1.49. The van der Waals surface area contributed by atoms with Gasteiger partial charge < -0.3 is 14.5 Å². The van der Waals surface area contributed by atoms with Crippen molar-refractivity contribution in [1.82, 2.24) is 0 Å². The van der Waals surface area contributed by atoms with Crippen LogP contribution in [0.4, 0.5) is 0 Å². The highest BCUT2D eigenvalue weighted by atomic mass is 35.5. The summed E-state index contributed by atoms with van der Waals surface area (Å²) in [6, 6.07) is 10.6. The van der Waals surface area contributed by atoms with Crippen LogP contribution in [-0.2, 0) is 0 Å². The Bertz CT molecular complexity index is 705. The first-order chi connectivity index (χ1) is 8.16. The Morgan fingerprint density at radius 3 is 2.65 bits per heavy atom. The van der Waals surface area contributed by atoms with Crippen molar-refractivity contribution in [2.24, 2.45) is 0 Å². The zero-order chi connectivity index (χ0) is 12.0. The van der Waals surface area contributed by atoms with Gasteiger partial charge in [0.1, 0.15) is 5.58 Å². The fourth-order valence-corrected chi connectivity index (χ4v) is 2.15. The van der Waals surface area contributed by atoms with E-state index in [0.29, 0.717) is 21.7 Å². The van der Waals surface area contributed by atoms with E-state index in [-0.39, 0.29) is 0 Å². The molecule has 0 aliphatic heterocycles. The first kappa shape index (κ1) is 10.7. The SMILES string of the molecule is OB(O)c1ccc2c(c1)oc1c(Cl)cccc12. The molecule has 2 N–H and O–H groups in total. The second kappa shape index (κ2) is 3.77. The highest BCUT2D eigenvalue weighted by molar-refractivity contribution is 6.59. The van der Waals surface area contributed by atoms with Gasteiger partial charge in [-0.25, -0.2) is 0 Å². The van der Waals surface area contributed by atoms with Crippen LogP contribution in [0.15, 0.2) is 40.8 Å². The lowest BCUT2D eigenvalue weighted by atomic mass is 9.80. The van der Waals surface area contributed by atoms with Crippen molar-refractivity contribution in [2.45, 2.75) is 0 Å². The highest BCUT2D eigenvalue weighted by Gasteiger charge is 2.14. The van der Waals surface area contributed by atoms with Crippen LogP contribution in [0.2, 0.25) is 5.02 Å². The van der Waals surface area contributed by atoms with E-state index in [1.54, 1.807) is 24.3 Å². The summed E-state index contributed by atoms with van der Waals surface area (Å²) < 4.78 is 5.62. The van der Waals surface area contributed by atoms with E-state index in [2.05, 4.69) is 0 Å². The third kappa shape index (κ3) is 1.62. The number of halogens is 1. The van der Waals surface area contributed by atoms with Crippen LogP contribution in [0.1, 0.15) is 0 Å². The van der Waals surface area contributed by atoms with Gasteiger partial charge in [-0.3, -0.25) is 0 Å². The quantitative estimate of drug-likeness (QED) is 0.645. The third-order valence-electron chi connectivity index (χ3n) is 2.77. The number of hydrogen-bond acceptors (Lipinski definition) is 3. The van der Waals surface area contributed by atoms with Gasteiger partial charge >= 0.3 is 7.12 Å². The minimum atomic E-state index is -1.50. The van der Waals surface area contributed by atoms with Gasteiger partial charge in [0.25, 0.3) is 0 Å². The normalized spacial score (nSPS) is 11.2. The third-order valence-corrected chi connectivity index (χ3v) is 3.07. The molecule has 3 aromatic rings. The van der Waals surface area contributed by atoms with Crippen molar-refractivity contribution >= 4 is 46.1 Å². The molecule has 84 valence electrons. The van der Waals surface area contributed by atoms with Crippen molar-refractivity contribution in [1.29, 1.82) is 0 Å². The Morgan fingerprint density at radius 2 is 1.88 bits per heavy atom. The van der Waals surface area contributed by atoms with Gasteiger partial charge in [0.15, 0.2) is 5.58 Å². The molecule has 0 amide bonds. The largest absolute Gasteiger partial charge is 0.488 e. The molecule has 0 unspecified atom stereocenters. The van der Waals surface area contributed by atoms with Gasteiger partial charge in [-0.2, -0.15) is 0 Å². The van der Waals surface area contributed by atoms with E-state index in [1.165, 1.54) is 0 Å². The van der Waals surface area contributed by atoms with Crippen LogP contribution in [0.3, 0.4) is 0 Å². The molecule has 3 rings (SSSR count). The summed E-state index contributed by atoms with van der Waals surface area (Å²) in [6.07, 6.45) is 0. The van der Waals surface area contributed by atoms with E-state index in [0.717, 1.165) is 10.8 Å². The van der Waals surface area contributed by atoms with Gasteiger partial charge in [-0.15, -0.1) is 0 Å². The van der Waals surface area contributed by atoms with Crippen LogP contribution >= 0.6 is 11.6 Å². The maximum Gasteiger partial charge on any atom is 0.488 e. The summed E-state index contributed by atoms with van der Waals surface area (Å²) in [7, 11) is -1.50. The summed E-state index contributed by atoms with van der Waals surface area (Å²) in [6.45, 7) is 0. The van der Waals surface area contributed by atoms with Crippen LogP contribution in [0.25, 0.3) is 21.9 Å². The lowest BCUT2D eigenvalue weighted by Gasteiger charge is -1.97. The van der Waals surface area contributed by atoms with Crippen LogP contribution in [0, 0.1) is 0 Å². The predicted molar refractivity (Wildman–Crippen MR) is 68.6 cm³/mol. The number of hydrogen-bond donors (Lipinski definition) is 2. The average Bonchev–Trinajstić information content (AvgIpc) is 2.68. The van der Waals surface area contributed by atoms with Gasteiger partial charge in [-0.1, -0.05) is 35.9 Å². The minimum Gasteiger partial charge on any atom is -0.455 e.